The molecule has 0 radical (unpaired) electrons. The molecule has 6 nitrogen and oxygen atoms in total. The lowest BCUT2D eigenvalue weighted by Crippen LogP contribution is -2.42. The van der Waals surface area contributed by atoms with Crippen LogP contribution in [0.4, 0.5) is 0 Å². The number of esters is 1. The van der Waals surface area contributed by atoms with Crippen molar-refractivity contribution >= 4 is 11.9 Å². The van der Waals surface area contributed by atoms with Crippen molar-refractivity contribution < 1.29 is 23.8 Å². The molecule has 0 N–H and O–H groups in total. The molecule has 1 atom stereocenters. The molecule has 0 aliphatic carbocycles. The lowest BCUT2D eigenvalue weighted by Gasteiger charge is -2.31. The quantitative estimate of drug-likeness (QED) is 0.627. The molecule has 1 amide bonds. The third kappa shape index (κ3) is 4.90. The van der Waals surface area contributed by atoms with Crippen molar-refractivity contribution in [3.05, 3.63) is 59.2 Å². The Hall–Kier alpha value is -3.02. The van der Waals surface area contributed by atoms with Crippen molar-refractivity contribution in [1.29, 1.82) is 0 Å². The van der Waals surface area contributed by atoms with Crippen LogP contribution in [-0.4, -0.2) is 42.1 Å². The van der Waals surface area contributed by atoms with Crippen molar-refractivity contribution in [2.24, 2.45) is 5.92 Å². The summed E-state index contributed by atoms with van der Waals surface area (Å²) < 4.78 is 17.2. The molecule has 0 spiro atoms. The Labute approximate surface area is 189 Å². The van der Waals surface area contributed by atoms with Crippen molar-refractivity contribution in [3.8, 4) is 11.5 Å². The highest BCUT2D eigenvalue weighted by molar-refractivity contribution is 5.94. The first-order valence-electron chi connectivity index (χ1n) is 11.3. The number of carbonyl (C=O) groups is 2. The van der Waals surface area contributed by atoms with E-state index >= 15 is 0 Å². The van der Waals surface area contributed by atoms with Crippen LogP contribution in [0.5, 0.6) is 11.5 Å². The van der Waals surface area contributed by atoms with Gasteiger partial charge in [0.05, 0.1) is 12.5 Å². The number of hydrogen-bond acceptors (Lipinski definition) is 5. The van der Waals surface area contributed by atoms with E-state index in [4.69, 9.17) is 14.2 Å². The zero-order valence-corrected chi connectivity index (χ0v) is 19.1. The topological polar surface area (TPSA) is 65.1 Å². The van der Waals surface area contributed by atoms with Gasteiger partial charge in [-0.05, 0) is 57.4 Å². The second-order valence-corrected chi connectivity index (χ2v) is 9.11. The second-order valence-electron chi connectivity index (χ2n) is 9.11. The van der Waals surface area contributed by atoms with E-state index in [0.29, 0.717) is 31.9 Å². The van der Waals surface area contributed by atoms with Gasteiger partial charge in [-0.2, -0.15) is 0 Å². The normalized spacial score (nSPS) is 19.1. The smallest absolute Gasteiger partial charge is 0.310 e. The number of likely N-dealkylation sites (tertiary alicyclic amines) is 1. The number of nitrogens with zero attached hydrogens (tertiary/aromatic N) is 1. The monoisotopic (exact) mass is 437 g/mol. The summed E-state index contributed by atoms with van der Waals surface area (Å²) in [6, 6.07) is 13.5. The van der Waals surface area contributed by atoms with E-state index in [-0.39, 0.29) is 23.4 Å². The molecule has 2 aliphatic heterocycles. The average molecular weight is 438 g/mol. The first-order valence-corrected chi connectivity index (χ1v) is 11.3. The third-order valence-corrected chi connectivity index (χ3v) is 5.98. The molecule has 2 aromatic rings. The lowest BCUT2D eigenvalue weighted by molar-refractivity contribution is -0.149. The Morgan fingerprint density at radius 3 is 2.69 bits per heavy atom. The summed E-state index contributed by atoms with van der Waals surface area (Å²) in [5.41, 5.74) is 2.53. The lowest BCUT2D eigenvalue weighted by atomic mass is 9.97. The minimum atomic E-state index is -0.236. The van der Waals surface area contributed by atoms with Crippen LogP contribution in [0.25, 0.3) is 0 Å². The van der Waals surface area contributed by atoms with Crippen LogP contribution in [-0.2, 0) is 22.6 Å². The van der Waals surface area contributed by atoms with Crippen molar-refractivity contribution in [2.75, 3.05) is 19.7 Å². The molecule has 2 heterocycles. The van der Waals surface area contributed by atoms with Crippen molar-refractivity contribution in [2.45, 2.75) is 52.2 Å². The number of carbonyl (C=O) groups excluding carboxylic acids is 2. The molecule has 1 unspecified atom stereocenters. The number of benzene rings is 2. The zero-order chi connectivity index (χ0) is 22.7. The molecule has 170 valence electrons. The van der Waals surface area contributed by atoms with Gasteiger partial charge in [-0.3, -0.25) is 9.59 Å². The molecule has 1 fully saturated rings. The van der Waals surface area contributed by atoms with Gasteiger partial charge in [0.25, 0.3) is 5.91 Å². The van der Waals surface area contributed by atoms with Crippen LogP contribution in [0.2, 0.25) is 0 Å². The number of fused-ring (bicyclic) bond motifs is 1. The van der Waals surface area contributed by atoms with Gasteiger partial charge in [0.15, 0.2) is 11.5 Å². The Morgan fingerprint density at radius 1 is 1.16 bits per heavy atom. The number of para-hydroxylation sites is 1. The van der Waals surface area contributed by atoms with Crippen LogP contribution in [0, 0.1) is 5.92 Å². The van der Waals surface area contributed by atoms with Crippen LogP contribution in [0.15, 0.2) is 42.5 Å². The van der Waals surface area contributed by atoms with E-state index < -0.39 is 0 Å². The molecule has 32 heavy (non-hydrogen) atoms. The third-order valence-electron chi connectivity index (χ3n) is 5.98. The molecule has 2 aromatic carbocycles. The minimum absolute atomic E-state index is 0.0528. The van der Waals surface area contributed by atoms with Gasteiger partial charge < -0.3 is 19.1 Å². The fourth-order valence-electron chi connectivity index (χ4n) is 4.40. The summed E-state index contributed by atoms with van der Waals surface area (Å²) >= 11 is 0. The zero-order valence-electron chi connectivity index (χ0n) is 19.1. The number of amides is 1. The predicted octanol–water partition coefficient (Wildman–Crippen LogP) is 4.39. The first kappa shape index (κ1) is 22.2. The molecule has 1 saturated heterocycles. The summed E-state index contributed by atoms with van der Waals surface area (Å²) in [5.74, 6) is 1.07. The standard InChI is InChI=1S/C26H31NO5/c1-4-30-25(29)21-8-6-14-27(16-21)24(28)19-12-10-18(11-13-19)17-31-22-9-5-7-20-15-26(2,3)32-23(20)22/h5,7,9-13,21H,4,6,8,14-17H2,1-3H3. The Kier molecular flexibility index (Phi) is 6.40. The van der Waals surface area contributed by atoms with Crippen LogP contribution >= 0.6 is 0 Å². The molecule has 4 rings (SSSR count). The Morgan fingerprint density at radius 2 is 1.94 bits per heavy atom. The van der Waals surface area contributed by atoms with Gasteiger partial charge in [0.1, 0.15) is 12.2 Å². The summed E-state index contributed by atoms with van der Waals surface area (Å²) in [7, 11) is 0. The number of hydrogen-bond donors (Lipinski definition) is 0. The van der Waals surface area contributed by atoms with Gasteiger partial charge >= 0.3 is 5.97 Å². The summed E-state index contributed by atoms with van der Waals surface area (Å²) in [6.45, 7) is 7.78. The largest absolute Gasteiger partial charge is 0.485 e. The van der Waals surface area contributed by atoms with Crippen molar-refractivity contribution in [1.82, 2.24) is 4.90 Å². The molecule has 0 saturated carbocycles. The summed E-state index contributed by atoms with van der Waals surface area (Å²) in [6.07, 6.45) is 2.44. The van der Waals surface area contributed by atoms with E-state index in [1.165, 1.54) is 0 Å². The highest BCUT2D eigenvalue weighted by Gasteiger charge is 2.32. The fourth-order valence-corrected chi connectivity index (χ4v) is 4.40. The number of ether oxygens (including phenoxy) is 3. The van der Waals surface area contributed by atoms with E-state index in [1.54, 1.807) is 11.8 Å². The van der Waals surface area contributed by atoms with Crippen LogP contribution in [0.3, 0.4) is 0 Å². The van der Waals surface area contributed by atoms with E-state index in [1.807, 2.05) is 36.4 Å². The minimum Gasteiger partial charge on any atom is -0.485 e. The molecule has 0 aromatic heterocycles. The van der Waals surface area contributed by atoms with Gasteiger partial charge in [-0.15, -0.1) is 0 Å². The predicted molar refractivity (Wildman–Crippen MR) is 121 cm³/mol. The average Bonchev–Trinajstić information content (AvgIpc) is 3.12. The molecular formula is C26H31NO5. The van der Waals surface area contributed by atoms with Gasteiger partial charge in [-0.25, -0.2) is 0 Å². The summed E-state index contributed by atoms with van der Waals surface area (Å²) in [5, 5.41) is 0. The molecular weight excluding hydrogens is 406 g/mol. The highest BCUT2D eigenvalue weighted by Crippen LogP contribution is 2.42. The van der Waals surface area contributed by atoms with E-state index in [0.717, 1.165) is 41.9 Å². The van der Waals surface area contributed by atoms with E-state index in [2.05, 4.69) is 19.9 Å². The SMILES string of the molecule is CCOC(=O)C1CCCN(C(=O)c2ccc(COc3cccc4c3OC(C)(C)C4)cc2)C1. The maximum atomic E-state index is 12.9. The molecule has 0 bridgehead atoms. The first-order chi connectivity index (χ1) is 15.4. The van der Waals surface area contributed by atoms with Gasteiger partial charge in [-0.1, -0.05) is 24.3 Å². The second kappa shape index (κ2) is 9.23. The molecule has 6 heteroatoms. The maximum absolute atomic E-state index is 12.9. The fraction of sp³-hybridized carbons (Fsp3) is 0.462. The number of rotatable bonds is 6. The van der Waals surface area contributed by atoms with Crippen LogP contribution < -0.4 is 9.47 Å². The molecule has 2 aliphatic rings. The Balaban J connectivity index is 1.36. The number of piperidine rings is 1. The summed E-state index contributed by atoms with van der Waals surface area (Å²) in [4.78, 5) is 26.7. The van der Waals surface area contributed by atoms with Crippen molar-refractivity contribution in [3.63, 3.8) is 0 Å². The maximum Gasteiger partial charge on any atom is 0.310 e. The van der Waals surface area contributed by atoms with Gasteiger partial charge in [0, 0.05) is 30.6 Å². The van der Waals surface area contributed by atoms with Gasteiger partial charge in [0.2, 0.25) is 0 Å². The highest BCUT2D eigenvalue weighted by atomic mass is 16.5. The van der Waals surface area contributed by atoms with Crippen LogP contribution in [0.1, 0.15) is 55.1 Å². The van der Waals surface area contributed by atoms with E-state index in [9.17, 15) is 9.59 Å². The Bertz CT molecular complexity index is 982.